The average Bonchev–Trinajstić information content (AvgIpc) is 2.49. The Morgan fingerprint density at radius 2 is 1.23 bits per heavy atom. The first-order chi connectivity index (χ1) is 10.7. The highest BCUT2D eigenvalue weighted by atomic mass is 16.4. The van der Waals surface area contributed by atoms with Crippen molar-refractivity contribution in [3.05, 3.63) is 0 Å². The zero-order valence-electron chi connectivity index (χ0n) is 13.7. The molecule has 1 aliphatic rings. The van der Waals surface area contributed by atoms with Gasteiger partial charge in [-0.25, -0.2) is 0 Å². The lowest BCUT2D eigenvalue weighted by Crippen LogP contribution is -2.49. The summed E-state index contributed by atoms with van der Waals surface area (Å²) in [4.78, 5) is 13.2. The molecule has 0 amide bonds. The summed E-state index contributed by atoms with van der Waals surface area (Å²) in [6.45, 7) is 9.22. The van der Waals surface area contributed by atoms with Crippen LogP contribution in [-0.4, -0.2) is 101 Å². The van der Waals surface area contributed by atoms with E-state index in [1.807, 2.05) is 11.9 Å². The minimum absolute atomic E-state index is 0.466. The summed E-state index contributed by atoms with van der Waals surface area (Å²) < 4.78 is 0. The van der Waals surface area contributed by atoms with E-state index >= 15 is 0 Å². The predicted octanol–water partition coefficient (Wildman–Crippen LogP) is -2.67. The summed E-state index contributed by atoms with van der Waals surface area (Å²) in [5.41, 5.74) is 0. The molecule has 22 heavy (non-hydrogen) atoms. The summed E-state index contributed by atoms with van der Waals surface area (Å²) >= 11 is 0. The van der Waals surface area contributed by atoms with Crippen molar-refractivity contribution in [1.82, 2.24) is 31.5 Å². The van der Waals surface area contributed by atoms with Crippen LogP contribution in [0.4, 0.5) is 0 Å². The van der Waals surface area contributed by atoms with Gasteiger partial charge in [0, 0.05) is 72.0 Å². The Hall–Kier alpha value is -0.770. The van der Waals surface area contributed by atoms with E-state index < -0.39 is 12.0 Å². The molecule has 8 heteroatoms. The lowest BCUT2D eigenvalue weighted by atomic mass is 10.2. The molecule has 1 atom stereocenters. The van der Waals surface area contributed by atoms with Crippen LogP contribution in [0.2, 0.25) is 0 Å². The highest BCUT2D eigenvalue weighted by Crippen LogP contribution is 1.95. The molecular weight excluding hydrogens is 284 g/mol. The van der Waals surface area contributed by atoms with Gasteiger partial charge in [0.15, 0.2) is 0 Å². The monoisotopic (exact) mass is 316 g/mol. The Kier molecular flexibility index (Phi) is 11.2. The lowest BCUT2D eigenvalue weighted by Gasteiger charge is -2.25. The zero-order chi connectivity index (χ0) is 16.0. The van der Waals surface area contributed by atoms with Gasteiger partial charge in [-0.15, -0.1) is 0 Å². The number of carboxylic acids is 1. The molecule has 0 aromatic heterocycles. The van der Waals surface area contributed by atoms with Crippen LogP contribution in [0, 0.1) is 0 Å². The van der Waals surface area contributed by atoms with Crippen LogP contribution < -0.4 is 26.6 Å². The first kappa shape index (κ1) is 19.3. The molecule has 0 aromatic carbocycles. The van der Waals surface area contributed by atoms with Gasteiger partial charge in [-0.05, 0) is 7.05 Å². The average molecular weight is 316 g/mol. The van der Waals surface area contributed by atoms with E-state index in [1.54, 1.807) is 0 Å². The van der Waals surface area contributed by atoms with Crippen molar-refractivity contribution < 1.29 is 9.90 Å². The highest BCUT2D eigenvalue weighted by molar-refractivity contribution is 5.73. The molecule has 1 unspecified atom stereocenters. The maximum atomic E-state index is 11.4. The molecule has 0 spiro atoms. The van der Waals surface area contributed by atoms with Crippen molar-refractivity contribution in [3.63, 3.8) is 0 Å². The first-order valence-electron chi connectivity index (χ1n) is 8.18. The van der Waals surface area contributed by atoms with E-state index in [9.17, 15) is 9.90 Å². The number of hydrogen-bond donors (Lipinski definition) is 6. The van der Waals surface area contributed by atoms with Gasteiger partial charge in [0.2, 0.25) is 0 Å². The summed E-state index contributed by atoms with van der Waals surface area (Å²) in [5, 5.41) is 25.9. The minimum atomic E-state index is -0.775. The number of carboxylic acid groups (broad SMARTS) is 1. The molecular formula is C14H32N6O2. The fourth-order valence-electron chi connectivity index (χ4n) is 2.29. The molecule has 0 aromatic rings. The molecule has 1 heterocycles. The first-order valence-corrected chi connectivity index (χ1v) is 8.18. The number of aliphatic carboxylic acids is 1. The fourth-order valence-corrected chi connectivity index (χ4v) is 2.29. The molecule has 1 rings (SSSR count). The number of likely N-dealkylation sites (N-methyl/N-ethyl adjacent to an activating group) is 1. The van der Waals surface area contributed by atoms with Crippen LogP contribution >= 0.6 is 0 Å². The van der Waals surface area contributed by atoms with Gasteiger partial charge >= 0.3 is 5.97 Å². The molecule has 1 fully saturated rings. The third-order valence-electron chi connectivity index (χ3n) is 3.71. The quantitative estimate of drug-likeness (QED) is 0.312. The van der Waals surface area contributed by atoms with E-state index in [0.29, 0.717) is 6.54 Å². The predicted molar refractivity (Wildman–Crippen MR) is 88.4 cm³/mol. The Balaban J connectivity index is 2.34. The minimum Gasteiger partial charge on any atom is -0.480 e. The van der Waals surface area contributed by atoms with E-state index in [4.69, 9.17) is 0 Å². The van der Waals surface area contributed by atoms with Crippen molar-refractivity contribution >= 4 is 5.97 Å². The smallest absolute Gasteiger partial charge is 0.322 e. The van der Waals surface area contributed by atoms with Gasteiger partial charge in [-0.3, -0.25) is 9.69 Å². The van der Waals surface area contributed by atoms with Gasteiger partial charge in [-0.2, -0.15) is 0 Å². The van der Waals surface area contributed by atoms with Crippen LogP contribution in [0.1, 0.15) is 0 Å². The summed E-state index contributed by atoms with van der Waals surface area (Å²) in [6, 6.07) is -0.486. The largest absolute Gasteiger partial charge is 0.480 e. The number of rotatable bonds is 1. The van der Waals surface area contributed by atoms with Gasteiger partial charge in [-0.1, -0.05) is 0 Å². The van der Waals surface area contributed by atoms with Crippen LogP contribution in [0.5, 0.6) is 0 Å². The summed E-state index contributed by atoms with van der Waals surface area (Å²) in [5.74, 6) is -0.775. The third-order valence-corrected chi connectivity index (χ3v) is 3.71. The molecule has 6 N–H and O–H groups in total. The van der Waals surface area contributed by atoms with Crippen LogP contribution in [-0.2, 0) is 4.79 Å². The molecule has 0 radical (unpaired) electrons. The Morgan fingerprint density at radius 1 is 0.818 bits per heavy atom. The van der Waals surface area contributed by atoms with Crippen molar-refractivity contribution in [2.75, 3.05) is 79.0 Å². The second kappa shape index (κ2) is 12.7. The maximum Gasteiger partial charge on any atom is 0.322 e. The van der Waals surface area contributed by atoms with Crippen molar-refractivity contribution in [2.45, 2.75) is 6.04 Å². The second-order valence-electron chi connectivity index (χ2n) is 5.54. The lowest BCUT2D eigenvalue weighted by molar-refractivity contribution is -0.142. The SMILES string of the molecule is CN1CCNCCNCCNCCNCCNCC1C(=O)O. The Morgan fingerprint density at radius 3 is 1.68 bits per heavy atom. The van der Waals surface area contributed by atoms with Crippen LogP contribution in [0.3, 0.4) is 0 Å². The van der Waals surface area contributed by atoms with E-state index in [-0.39, 0.29) is 0 Å². The molecule has 0 aliphatic carbocycles. The van der Waals surface area contributed by atoms with Crippen molar-refractivity contribution in [1.29, 1.82) is 0 Å². The van der Waals surface area contributed by atoms with E-state index in [2.05, 4.69) is 26.6 Å². The molecule has 1 aliphatic heterocycles. The van der Waals surface area contributed by atoms with Gasteiger partial charge in [0.25, 0.3) is 0 Å². The van der Waals surface area contributed by atoms with E-state index in [0.717, 1.165) is 65.4 Å². The zero-order valence-corrected chi connectivity index (χ0v) is 13.7. The molecule has 8 nitrogen and oxygen atoms in total. The maximum absolute atomic E-state index is 11.4. The Labute approximate surface area is 133 Å². The molecule has 1 saturated heterocycles. The topological polar surface area (TPSA) is 101 Å². The number of nitrogens with zero attached hydrogens (tertiary/aromatic N) is 1. The van der Waals surface area contributed by atoms with Gasteiger partial charge in [0.05, 0.1) is 0 Å². The highest BCUT2D eigenvalue weighted by Gasteiger charge is 2.21. The van der Waals surface area contributed by atoms with Crippen molar-refractivity contribution in [2.24, 2.45) is 0 Å². The fraction of sp³-hybridized carbons (Fsp3) is 0.929. The number of carbonyl (C=O) groups is 1. The molecule has 130 valence electrons. The number of hydrogen-bond acceptors (Lipinski definition) is 7. The number of nitrogens with one attached hydrogen (secondary N) is 5. The second-order valence-corrected chi connectivity index (χ2v) is 5.54. The molecule has 0 bridgehead atoms. The van der Waals surface area contributed by atoms with Crippen molar-refractivity contribution in [3.8, 4) is 0 Å². The van der Waals surface area contributed by atoms with Gasteiger partial charge in [0.1, 0.15) is 6.04 Å². The van der Waals surface area contributed by atoms with Crippen LogP contribution in [0.15, 0.2) is 0 Å². The standard InChI is InChI=1S/C14H32N6O2/c1-20-11-10-18-7-6-16-3-2-15-4-5-17-8-9-19-12-13(20)14(21)22/h13,15-19H,2-12H2,1H3,(H,21,22). The van der Waals surface area contributed by atoms with Crippen LogP contribution in [0.25, 0.3) is 0 Å². The van der Waals surface area contributed by atoms with Gasteiger partial charge < -0.3 is 31.7 Å². The summed E-state index contributed by atoms with van der Waals surface area (Å²) in [6.07, 6.45) is 0. The van der Waals surface area contributed by atoms with E-state index in [1.165, 1.54) is 0 Å². The molecule has 0 saturated carbocycles. The summed E-state index contributed by atoms with van der Waals surface area (Å²) in [7, 11) is 1.86. The Bertz CT molecular complexity index is 293. The normalized spacial score (nSPS) is 26.0. The third kappa shape index (κ3) is 9.29.